The highest BCUT2D eigenvalue weighted by Crippen LogP contribution is 2.47. The van der Waals surface area contributed by atoms with E-state index in [1.807, 2.05) is 0 Å². The van der Waals surface area contributed by atoms with Crippen molar-refractivity contribution >= 4 is 49.8 Å². The standard InChI is InChI=1S/C58H39NO/c1-6-19-40(20-7-1)50-37-52(42-23-10-3-11-24-42)53(38-51(50)41-21-8-2-9-22-41)44-35-33-43(34-36-44)49-39-54-57-55(59(45-25-12-4-13-26-45)46-27-14-5-15-28-46)31-18-32-56(57)60-58(54)48-30-17-16-29-47(48)49/h1-39H. The molecule has 0 saturated heterocycles. The second kappa shape index (κ2) is 15.1. The van der Waals surface area contributed by atoms with Crippen LogP contribution in [0.1, 0.15) is 0 Å². The molecule has 1 aromatic heterocycles. The minimum Gasteiger partial charge on any atom is -0.455 e. The Kier molecular flexibility index (Phi) is 8.87. The molecule has 2 nitrogen and oxygen atoms in total. The Bertz CT molecular complexity index is 3230. The number of fused-ring (bicyclic) bond motifs is 5. The number of anilines is 3. The molecule has 60 heavy (non-hydrogen) atoms. The van der Waals surface area contributed by atoms with Crippen molar-refractivity contribution in [1.29, 1.82) is 0 Å². The molecule has 0 saturated carbocycles. The van der Waals surface area contributed by atoms with E-state index in [1.165, 1.54) is 44.5 Å². The quantitative estimate of drug-likeness (QED) is 0.153. The Balaban J connectivity index is 1.10. The Morgan fingerprint density at radius 2 is 0.683 bits per heavy atom. The molecular weight excluding hydrogens is 727 g/mol. The summed E-state index contributed by atoms with van der Waals surface area (Å²) in [4.78, 5) is 2.33. The number of rotatable bonds is 8. The van der Waals surface area contributed by atoms with E-state index in [4.69, 9.17) is 4.42 Å². The maximum atomic E-state index is 6.81. The van der Waals surface area contributed by atoms with Gasteiger partial charge in [0.1, 0.15) is 11.2 Å². The van der Waals surface area contributed by atoms with Crippen molar-refractivity contribution < 1.29 is 4.42 Å². The van der Waals surface area contributed by atoms with Crippen LogP contribution in [0.5, 0.6) is 0 Å². The Morgan fingerprint density at radius 3 is 1.17 bits per heavy atom. The molecular formula is C58H39NO. The third kappa shape index (κ3) is 6.23. The van der Waals surface area contributed by atoms with E-state index in [0.29, 0.717) is 0 Å². The molecule has 282 valence electrons. The summed E-state index contributed by atoms with van der Waals surface area (Å²) in [6.07, 6.45) is 0. The second-order valence-electron chi connectivity index (χ2n) is 15.2. The normalized spacial score (nSPS) is 11.3. The van der Waals surface area contributed by atoms with Crippen molar-refractivity contribution in [3.63, 3.8) is 0 Å². The molecule has 0 fully saturated rings. The molecule has 0 radical (unpaired) electrons. The van der Waals surface area contributed by atoms with Gasteiger partial charge in [-0.05, 0) is 116 Å². The van der Waals surface area contributed by atoms with Gasteiger partial charge in [-0.2, -0.15) is 0 Å². The third-order valence-electron chi connectivity index (χ3n) is 11.7. The van der Waals surface area contributed by atoms with Crippen LogP contribution in [0.3, 0.4) is 0 Å². The molecule has 0 N–H and O–H groups in total. The molecule has 11 rings (SSSR count). The smallest absolute Gasteiger partial charge is 0.143 e. The van der Waals surface area contributed by atoms with Crippen molar-refractivity contribution in [2.75, 3.05) is 4.90 Å². The first-order valence-electron chi connectivity index (χ1n) is 20.5. The van der Waals surface area contributed by atoms with Crippen LogP contribution in [-0.4, -0.2) is 0 Å². The predicted molar refractivity (Wildman–Crippen MR) is 253 cm³/mol. The summed E-state index contributed by atoms with van der Waals surface area (Å²) in [5.74, 6) is 0. The fourth-order valence-electron chi connectivity index (χ4n) is 8.87. The van der Waals surface area contributed by atoms with Crippen LogP contribution in [0, 0.1) is 0 Å². The summed E-state index contributed by atoms with van der Waals surface area (Å²) in [5, 5.41) is 4.43. The highest BCUT2D eigenvalue weighted by atomic mass is 16.3. The molecule has 0 aliphatic heterocycles. The zero-order valence-corrected chi connectivity index (χ0v) is 32.9. The summed E-state index contributed by atoms with van der Waals surface area (Å²) in [7, 11) is 0. The summed E-state index contributed by atoms with van der Waals surface area (Å²) in [6, 6.07) is 84.7. The molecule has 0 atom stereocenters. The first-order chi connectivity index (χ1) is 29.8. The van der Waals surface area contributed by atoms with Gasteiger partial charge in [0, 0.05) is 22.1 Å². The first kappa shape index (κ1) is 35.2. The van der Waals surface area contributed by atoms with E-state index in [-0.39, 0.29) is 0 Å². The lowest BCUT2D eigenvalue weighted by molar-refractivity contribution is 0.672. The Labute approximate surface area is 349 Å². The maximum absolute atomic E-state index is 6.81. The van der Waals surface area contributed by atoms with Crippen molar-refractivity contribution in [3.05, 3.63) is 237 Å². The van der Waals surface area contributed by atoms with Crippen molar-refractivity contribution in [3.8, 4) is 55.6 Å². The summed E-state index contributed by atoms with van der Waals surface area (Å²) in [6.45, 7) is 0. The molecule has 0 aliphatic carbocycles. The van der Waals surface area contributed by atoms with E-state index in [9.17, 15) is 0 Å². The molecule has 2 heteroatoms. The van der Waals surface area contributed by atoms with E-state index in [0.717, 1.165) is 60.9 Å². The van der Waals surface area contributed by atoms with Gasteiger partial charge in [0.25, 0.3) is 0 Å². The fraction of sp³-hybridized carbons (Fsp3) is 0. The molecule has 0 bridgehead atoms. The molecule has 10 aromatic carbocycles. The largest absolute Gasteiger partial charge is 0.455 e. The van der Waals surface area contributed by atoms with Crippen LogP contribution < -0.4 is 4.90 Å². The molecule has 1 heterocycles. The zero-order chi connectivity index (χ0) is 39.8. The fourth-order valence-corrected chi connectivity index (χ4v) is 8.87. The van der Waals surface area contributed by atoms with Crippen LogP contribution in [-0.2, 0) is 0 Å². The Morgan fingerprint density at radius 1 is 0.283 bits per heavy atom. The number of nitrogens with zero attached hydrogens (tertiary/aromatic N) is 1. The minimum absolute atomic E-state index is 0.860. The van der Waals surface area contributed by atoms with E-state index in [1.54, 1.807) is 0 Å². The third-order valence-corrected chi connectivity index (χ3v) is 11.7. The number of para-hydroxylation sites is 2. The van der Waals surface area contributed by atoms with Gasteiger partial charge in [0.15, 0.2) is 0 Å². The van der Waals surface area contributed by atoms with Crippen LogP contribution in [0.15, 0.2) is 241 Å². The SMILES string of the molecule is c1ccc(-c2cc(-c3ccccc3)c(-c3ccc(-c4cc5c(oc6cccc(N(c7ccccc7)c7ccccc7)c65)c5ccccc45)cc3)cc2-c2ccccc2)cc1. The van der Waals surface area contributed by atoms with E-state index in [2.05, 4.69) is 241 Å². The van der Waals surface area contributed by atoms with Gasteiger partial charge in [-0.25, -0.2) is 0 Å². The summed E-state index contributed by atoms with van der Waals surface area (Å²) < 4.78 is 6.81. The van der Waals surface area contributed by atoms with Crippen molar-refractivity contribution in [2.24, 2.45) is 0 Å². The van der Waals surface area contributed by atoms with Crippen LogP contribution >= 0.6 is 0 Å². The van der Waals surface area contributed by atoms with Gasteiger partial charge < -0.3 is 9.32 Å². The van der Waals surface area contributed by atoms with Crippen molar-refractivity contribution in [2.45, 2.75) is 0 Å². The lowest BCUT2D eigenvalue weighted by atomic mass is 9.85. The van der Waals surface area contributed by atoms with Crippen LogP contribution in [0.2, 0.25) is 0 Å². The number of benzene rings is 10. The lowest BCUT2D eigenvalue weighted by Crippen LogP contribution is -2.09. The van der Waals surface area contributed by atoms with Crippen molar-refractivity contribution in [1.82, 2.24) is 0 Å². The van der Waals surface area contributed by atoms with Crippen LogP contribution in [0.25, 0.3) is 88.3 Å². The number of hydrogen-bond acceptors (Lipinski definition) is 2. The average Bonchev–Trinajstić information content (AvgIpc) is 3.72. The number of hydrogen-bond donors (Lipinski definition) is 0. The zero-order valence-electron chi connectivity index (χ0n) is 32.9. The second-order valence-corrected chi connectivity index (χ2v) is 15.2. The monoisotopic (exact) mass is 765 g/mol. The van der Waals surface area contributed by atoms with Gasteiger partial charge in [-0.15, -0.1) is 0 Å². The predicted octanol–water partition coefficient (Wildman–Crippen LogP) is 16.5. The molecule has 11 aromatic rings. The first-order valence-corrected chi connectivity index (χ1v) is 20.5. The molecule has 0 amide bonds. The van der Waals surface area contributed by atoms with Gasteiger partial charge in [-0.3, -0.25) is 0 Å². The number of furan rings is 1. The highest BCUT2D eigenvalue weighted by Gasteiger charge is 2.22. The minimum atomic E-state index is 0.860. The van der Waals surface area contributed by atoms with E-state index < -0.39 is 0 Å². The molecule has 0 unspecified atom stereocenters. The highest BCUT2D eigenvalue weighted by molar-refractivity contribution is 6.22. The summed E-state index contributed by atoms with van der Waals surface area (Å²) in [5.41, 5.74) is 16.9. The molecule has 0 spiro atoms. The van der Waals surface area contributed by atoms with Gasteiger partial charge in [0.2, 0.25) is 0 Å². The molecule has 0 aliphatic rings. The van der Waals surface area contributed by atoms with Gasteiger partial charge in [-0.1, -0.05) is 182 Å². The lowest BCUT2D eigenvalue weighted by Gasteiger charge is -2.26. The topological polar surface area (TPSA) is 16.4 Å². The maximum Gasteiger partial charge on any atom is 0.143 e. The Hall–Kier alpha value is -7.94. The van der Waals surface area contributed by atoms with Gasteiger partial charge >= 0.3 is 0 Å². The van der Waals surface area contributed by atoms with E-state index >= 15 is 0 Å². The average molecular weight is 766 g/mol. The van der Waals surface area contributed by atoms with Crippen LogP contribution in [0.4, 0.5) is 17.1 Å². The van der Waals surface area contributed by atoms with Gasteiger partial charge in [0.05, 0.1) is 11.1 Å². The summed E-state index contributed by atoms with van der Waals surface area (Å²) >= 11 is 0.